The number of hydrogen-bond acceptors (Lipinski definition) is 8. The lowest BCUT2D eigenvalue weighted by molar-refractivity contribution is 0.117. The molecule has 3 atom stereocenters. The molecule has 1 saturated heterocycles. The summed E-state index contributed by atoms with van der Waals surface area (Å²) in [6.45, 7) is 5.16. The van der Waals surface area contributed by atoms with Crippen LogP contribution in [0.25, 0.3) is 11.5 Å². The molecular formula is C28H32N6O2. The maximum atomic E-state index is 9.94. The molecule has 8 nitrogen and oxygen atoms in total. The van der Waals surface area contributed by atoms with E-state index in [1.54, 1.807) is 0 Å². The van der Waals surface area contributed by atoms with Gasteiger partial charge in [-0.05, 0) is 89.6 Å². The first-order chi connectivity index (χ1) is 17.4. The summed E-state index contributed by atoms with van der Waals surface area (Å²) in [4.78, 5) is 11.9. The van der Waals surface area contributed by atoms with Crippen LogP contribution in [0, 0.1) is 18.3 Å². The first-order valence-corrected chi connectivity index (χ1v) is 12.9. The average molecular weight is 485 g/mol. The van der Waals surface area contributed by atoms with Crippen molar-refractivity contribution < 1.29 is 9.26 Å². The summed E-state index contributed by atoms with van der Waals surface area (Å²) in [6, 6.07) is 8.54. The number of ether oxygens (including phenoxy) is 1. The Morgan fingerprint density at radius 1 is 1.25 bits per heavy atom. The highest BCUT2D eigenvalue weighted by Crippen LogP contribution is 2.54. The van der Waals surface area contributed by atoms with Crippen LogP contribution < -0.4 is 10.5 Å². The zero-order chi connectivity index (χ0) is 25.0. The number of nitrogens with zero attached hydrogens (tertiary/aromatic N) is 5. The second-order valence-electron chi connectivity index (χ2n) is 10.6. The Morgan fingerprint density at radius 2 is 2.11 bits per heavy atom. The van der Waals surface area contributed by atoms with Gasteiger partial charge in [0, 0.05) is 29.1 Å². The molecule has 2 aliphatic carbocycles. The molecule has 0 bridgehead atoms. The van der Waals surface area contributed by atoms with Gasteiger partial charge in [0.2, 0.25) is 5.88 Å². The van der Waals surface area contributed by atoms with Crippen LogP contribution in [0.4, 0.5) is 5.69 Å². The Balaban J connectivity index is 1.39. The van der Waals surface area contributed by atoms with E-state index in [0.29, 0.717) is 34.7 Å². The van der Waals surface area contributed by atoms with Crippen molar-refractivity contribution in [1.29, 1.82) is 5.26 Å². The lowest BCUT2D eigenvalue weighted by Crippen LogP contribution is -2.38. The summed E-state index contributed by atoms with van der Waals surface area (Å²) in [7, 11) is 2.15. The number of nitrogen functional groups attached to an aromatic ring is 1. The first kappa shape index (κ1) is 23.0. The number of nitrogens with two attached hydrogens (primary N) is 1. The van der Waals surface area contributed by atoms with Crippen molar-refractivity contribution >= 4 is 5.69 Å². The molecule has 1 aromatic carbocycles. The van der Waals surface area contributed by atoms with Crippen molar-refractivity contribution in [2.24, 2.45) is 0 Å². The Bertz CT molecular complexity index is 1380. The second-order valence-corrected chi connectivity index (χ2v) is 10.6. The van der Waals surface area contributed by atoms with E-state index in [9.17, 15) is 5.26 Å². The topological polar surface area (TPSA) is 114 Å². The molecule has 2 N–H and O–H groups in total. The number of hydrogen-bond donors (Lipinski definition) is 1. The minimum atomic E-state index is -0.376. The number of anilines is 1. The summed E-state index contributed by atoms with van der Waals surface area (Å²) in [5.41, 5.74) is 11.7. The summed E-state index contributed by atoms with van der Waals surface area (Å²) >= 11 is 0. The highest BCUT2D eigenvalue weighted by atomic mass is 16.5. The summed E-state index contributed by atoms with van der Waals surface area (Å²) in [6.07, 6.45) is 6.85. The van der Waals surface area contributed by atoms with Gasteiger partial charge in [-0.2, -0.15) is 10.2 Å². The number of rotatable bonds is 4. The standard InChI is InChI=1S/C28H32N6O2/c1-16-14-23(35-17(2)22-7-5-13-34(22)3)32-27(31-16)25-19-6-4-11-28(26(19)36-33-25)12-10-18-8-9-21(30)20(15-29)24(18)28/h8-9,14,17,22H,4-7,10-13,30H2,1-3H3/t17-,22-,28-/m0/s1. The van der Waals surface area contributed by atoms with Gasteiger partial charge in [0.1, 0.15) is 12.2 Å². The first-order valence-electron chi connectivity index (χ1n) is 12.9. The van der Waals surface area contributed by atoms with Crippen LogP contribution in [-0.2, 0) is 18.3 Å². The normalized spacial score (nSPS) is 23.9. The lowest BCUT2D eigenvalue weighted by Gasteiger charge is -2.33. The maximum Gasteiger partial charge on any atom is 0.217 e. The predicted molar refractivity (Wildman–Crippen MR) is 136 cm³/mol. The van der Waals surface area contributed by atoms with E-state index in [4.69, 9.17) is 25.0 Å². The molecule has 0 saturated carbocycles. The number of aromatic nitrogens is 3. The lowest BCUT2D eigenvalue weighted by atomic mass is 9.68. The molecule has 8 heteroatoms. The van der Waals surface area contributed by atoms with E-state index in [0.717, 1.165) is 67.7 Å². The smallest absolute Gasteiger partial charge is 0.217 e. The Labute approximate surface area is 211 Å². The van der Waals surface area contributed by atoms with Crippen molar-refractivity contribution in [2.45, 2.75) is 76.4 Å². The van der Waals surface area contributed by atoms with Crippen LogP contribution in [0.5, 0.6) is 5.88 Å². The van der Waals surface area contributed by atoms with E-state index in [1.165, 1.54) is 12.0 Å². The van der Waals surface area contributed by atoms with Gasteiger partial charge in [-0.15, -0.1) is 0 Å². The third-order valence-electron chi connectivity index (χ3n) is 8.46. The molecule has 0 unspecified atom stereocenters. The molecule has 3 aliphatic rings. The van der Waals surface area contributed by atoms with Crippen molar-refractivity contribution in [2.75, 3.05) is 19.3 Å². The molecular weight excluding hydrogens is 452 g/mol. The van der Waals surface area contributed by atoms with Gasteiger partial charge >= 0.3 is 0 Å². The van der Waals surface area contributed by atoms with Crippen LogP contribution in [-0.4, -0.2) is 45.8 Å². The highest BCUT2D eigenvalue weighted by Gasteiger charge is 2.49. The number of fused-ring (bicyclic) bond motifs is 4. The van der Waals surface area contributed by atoms with Gasteiger partial charge in [-0.25, -0.2) is 4.98 Å². The van der Waals surface area contributed by atoms with Crippen LogP contribution in [0.3, 0.4) is 0 Å². The summed E-state index contributed by atoms with van der Waals surface area (Å²) in [5, 5.41) is 14.5. The molecule has 1 spiro atoms. The monoisotopic (exact) mass is 484 g/mol. The molecule has 3 aromatic rings. The second kappa shape index (κ2) is 8.59. The van der Waals surface area contributed by atoms with E-state index in [1.807, 2.05) is 19.1 Å². The van der Waals surface area contributed by atoms with E-state index in [-0.39, 0.29) is 11.5 Å². The fourth-order valence-electron chi connectivity index (χ4n) is 6.76. The minimum Gasteiger partial charge on any atom is -0.473 e. The number of nitriles is 1. The fourth-order valence-corrected chi connectivity index (χ4v) is 6.76. The van der Waals surface area contributed by atoms with Crippen molar-refractivity contribution in [1.82, 2.24) is 20.0 Å². The molecule has 36 heavy (non-hydrogen) atoms. The zero-order valence-electron chi connectivity index (χ0n) is 21.2. The quantitative estimate of drug-likeness (QED) is 0.545. The van der Waals surface area contributed by atoms with E-state index < -0.39 is 0 Å². The number of likely N-dealkylation sites (N-methyl/N-ethyl adjacent to an activating group) is 1. The van der Waals surface area contributed by atoms with Crippen LogP contribution in [0.1, 0.15) is 72.7 Å². The van der Waals surface area contributed by atoms with Gasteiger partial charge < -0.3 is 15.0 Å². The SMILES string of the molecule is Cc1cc(O[C@@H](C)[C@@H]2CCCN2C)nc(-c2noc3c2CCC[C@@]32CCc3ccc(N)c(C#N)c32)n1. The predicted octanol–water partition coefficient (Wildman–Crippen LogP) is 4.32. The third kappa shape index (κ3) is 3.48. The van der Waals surface area contributed by atoms with Crippen molar-refractivity contribution in [3.8, 4) is 23.5 Å². The Hall–Kier alpha value is -3.44. The molecule has 1 fully saturated rings. The van der Waals surface area contributed by atoms with Gasteiger partial charge in [0.05, 0.1) is 11.0 Å². The molecule has 1 aliphatic heterocycles. The van der Waals surface area contributed by atoms with Gasteiger partial charge in [-0.1, -0.05) is 11.2 Å². The van der Waals surface area contributed by atoms with Crippen molar-refractivity contribution in [3.05, 3.63) is 51.9 Å². The van der Waals surface area contributed by atoms with Gasteiger partial charge in [0.25, 0.3) is 0 Å². The number of benzene rings is 1. The average Bonchev–Trinajstić information content (AvgIpc) is 3.57. The maximum absolute atomic E-state index is 9.94. The number of likely N-dealkylation sites (tertiary alicyclic amines) is 1. The summed E-state index contributed by atoms with van der Waals surface area (Å²) in [5.74, 6) is 1.95. The highest BCUT2D eigenvalue weighted by molar-refractivity contribution is 5.68. The molecule has 186 valence electrons. The Morgan fingerprint density at radius 3 is 2.89 bits per heavy atom. The van der Waals surface area contributed by atoms with Gasteiger partial charge in [-0.3, -0.25) is 4.90 Å². The van der Waals surface area contributed by atoms with Crippen molar-refractivity contribution in [3.63, 3.8) is 0 Å². The molecule has 2 aromatic heterocycles. The van der Waals surface area contributed by atoms with E-state index in [2.05, 4.69) is 36.2 Å². The molecule has 0 radical (unpaired) electrons. The number of aryl methyl sites for hydroxylation is 2. The molecule has 0 amide bonds. The zero-order valence-corrected chi connectivity index (χ0v) is 21.2. The Kier molecular flexibility index (Phi) is 5.49. The van der Waals surface area contributed by atoms with Crippen LogP contribution >= 0.6 is 0 Å². The fraction of sp³-hybridized carbons (Fsp3) is 0.500. The third-order valence-corrected chi connectivity index (χ3v) is 8.46. The van der Waals surface area contributed by atoms with Crippen LogP contribution in [0.15, 0.2) is 22.7 Å². The van der Waals surface area contributed by atoms with Gasteiger partial charge in [0.15, 0.2) is 17.3 Å². The molecule has 6 rings (SSSR count). The minimum absolute atomic E-state index is 0.0268. The molecule has 3 heterocycles. The largest absolute Gasteiger partial charge is 0.473 e. The van der Waals surface area contributed by atoms with Crippen LogP contribution in [0.2, 0.25) is 0 Å². The summed E-state index contributed by atoms with van der Waals surface area (Å²) < 4.78 is 12.4. The van der Waals surface area contributed by atoms with E-state index >= 15 is 0 Å².